The Morgan fingerprint density at radius 3 is 1.14 bits per heavy atom. The van der Waals surface area contributed by atoms with Crippen molar-refractivity contribution in [2.24, 2.45) is 0 Å². The first-order valence-corrected chi connectivity index (χ1v) is 9.86. The van der Waals surface area contributed by atoms with Gasteiger partial charge in [0.2, 0.25) is 0 Å². The summed E-state index contributed by atoms with van der Waals surface area (Å²) in [5.74, 6) is 0. The molecule has 0 bridgehead atoms. The molecule has 0 N–H and O–H groups in total. The van der Waals surface area contributed by atoms with Crippen LogP contribution >= 0.6 is 0 Å². The Kier molecular flexibility index (Phi) is 5.25. The molecule has 0 aromatic heterocycles. The van der Waals surface area contributed by atoms with Crippen molar-refractivity contribution in [3.8, 4) is 0 Å². The molecule has 4 rings (SSSR count). The fourth-order valence-electron chi connectivity index (χ4n) is 4.23. The zero-order chi connectivity index (χ0) is 19.2. The minimum absolute atomic E-state index is 0.417. The topological polar surface area (TPSA) is 3.24 Å². The molecule has 0 atom stereocenters. The Bertz CT molecular complexity index is 883. The lowest BCUT2D eigenvalue weighted by Crippen LogP contribution is -2.48. The molecule has 0 aliphatic heterocycles. The Morgan fingerprint density at radius 2 is 0.821 bits per heavy atom. The van der Waals surface area contributed by atoms with Gasteiger partial charge in [-0.05, 0) is 35.7 Å². The first kappa shape index (κ1) is 18.1. The third-order valence-electron chi connectivity index (χ3n) is 5.36. The molecule has 0 saturated heterocycles. The quantitative estimate of drug-likeness (QED) is 0.353. The van der Waals surface area contributed by atoms with Gasteiger partial charge in [-0.25, -0.2) is 0 Å². The van der Waals surface area contributed by atoms with E-state index in [-0.39, 0.29) is 0 Å². The van der Waals surface area contributed by atoms with E-state index in [1.807, 2.05) is 0 Å². The van der Waals surface area contributed by atoms with Gasteiger partial charge < -0.3 is 4.90 Å². The van der Waals surface area contributed by atoms with E-state index < -0.39 is 5.54 Å². The molecule has 28 heavy (non-hydrogen) atoms. The molecule has 138 valence electrons. The van der Waals surface area contributed by atoms with Gasteiger partial charge in [-0.2, -0.15) is 0 Å². The second kappa shape index (κ2) is 8.14. The van der Waals surface area contributed by atoms with Gasteiger partial charge in [0.15, 0.2) is 0 Å². The fourth-order valence-corrected chi connectivity index (χ4v) is 4.23. The first-order valence-electron chi connectivity index (χ1n) is 9.86. The molecule has 4 aromatic rings. The minimum atomic E-state index is -0.417. The standard InChI is InChI=1S/C27H25N/c1-2-28(26-21-13-6-14-22-26)27(23-15-7-3-8-16-23,24-17-9-4-10-18-24)25-19-11-5-12-20-25/h3-22H,2H2,1H3. The van der Waals surface area contributed by atoms with Crippen LogP contribution in [-0.4, -0.2) is 6.54 Å². The minimum Gasteiger partial charge on any atom is -0.354 e. The average molecular weight is 364 g/mol. The fraction of sp³-hybridized carbons (Fsp3) is 0.111. The number of hydrogen-bond acceptors (Lipinski definition) is 1. The van der Waals surface area contributed by atoms with E-state index in [2.05, 4.69) is 133 Å². The summed E-state index contributed by atoms with van der Waals surface area (Å²) in [4.78, 5) is 2.51. The summed E-state index contributed by atoms with van der Waals surface area (Å²) in [6, 6.07) is 43.2. The number of rotatable bonds is 6. The normalized spacial score (nSPS) is 11.2. The SMILES string of the molecule is CCN(c1ccccc1)C(c1ccccc1)(c1ccccc1)c1ccccc1. The van der Waals surface area contributed by atoms with Crippen LogP contribution < -0.4 is 4.90 Å². The lowest BCUT2D eigenvalue weighted by atomic mass is 9.75. The average Bonchev–Trinajstić information content (AvgIpc) is 2.80. The molecule has 0 saturated carbocycles. The highest BCUT2D eigenvalue weighted by Gasteiger charge is 2.41. The van der Waals surface area contributed by atoms with Crippen LogP contribution in [0.2, 0.25) is 0 Å². The Morgan fingerprint density at radius 1 is 0.500 bits per heavy atom. The van der Waals surface area contributed by atoms with E-state index in [1.165, 1.54) is 22.4 Å². The number of benzene rings is 4. The van der Waals surface area contributed by atoms with E-state index in [9.17, 15) is 0 Å². The monoisotopic (exact) mass is 363 g/mol. The first-order chi connectivity index (χ1) is 13.9. The second-order valence-corrected chi connectivity index (χ2v) is 6.89. The third kappa shape index (κ3) is 3.10. The summed E-state index contributed by atoms with van der Waals surface area (Å²) in [7, 11) is 0. The Hall–Kier alpha value is -3.32. The summed E-state index contributed by atoms with van der Waals surface area (Å²) in [5, 5.41) is 0. The van der Waals surface area contributed by atoms with Crippen LogP contribution in [-0.2, 0) is 5.54 Å². The Balaban J connectivity index is 2.10. The zero-order valence-electron chi connectivity index (χ0n) is 16.2. The molecule has 1 nitrogen and oxygen atoms in total. The van der Waals surface area contributed by atoms with Crippen LogP contribution in [0.3, 0.4) is 0 Å². The van der Waals surface area contributed by atoms with Gasteiger partial charge in [-0.3, -0.25) is 0 Å². The molecule has 0 aliphatic rings. The highest BCUT2D eigenvalue weighted by atomic mass is 15.2. The molecular weight excluding hydrogens is 338 g/mol. The highest BCUT2D eigenvalue weighted by molar-refractivity contribution is 5.62. The maximum atomic E-state index is 2.51. The van der Waals surface area contributed by atoms with Crippen molar-refractivity contribution in [3.63, 3.8) is 0 Å². The van der Waals surface area contributed by atoms with Crippen molar-refractivity contribution >= 4 is 5.69 Å². The van der Waals surface area contributed by atoms with Crippen molar-refractivity contribution in [1.29, 1.82) is 0 Å². The van der Waals surface area contributed by atoms with Crippen molar-refractivity contribution in [2.75, 3.05) is 11.4 Å². The molecule has 0 fully saturated rings. The summed E-state index contributed by atoms with van der Waals surface area (Å²) in [6.07, 6.45) is 0. The van der Waals surface area contributed by atoms with Crippen LogP contribution in [0.15, 0.2) is 121 Å². The second-order valence-electron chi connectivity index (χ2n) is 6.89. The van der Waals surface area contributed by atoms with E-state index >= 15 is 0 Å². The third-order valence-corrected chi connectivity index (χ3v) is 5.36. The van der Waals surface area contributed by atoms with Gasteiger partial charge in [0.05, 0.1) is 0 Å². The number of nitrogens with zero attached hydrogens (tertiary/aromatic N) is 1. The van der Waals surface area contributed by atoms with Crippen molar-refractivity contribution in [1.82, 2.24) is 0 Å². The summed E-state index contributed by atoms with van der Waals surface area (Å²) >= 11 is 0. The summed E-state index contributed by atoms with van der Waals surface area (Å²) in [6.45, 7) is 3.11. The maximum Gasteiger partial charge on any atom is 0.116 e. The molecule has 0 radical (unpaired) electrons. The van der Waals surface area contributed by atoms with Crippen LogP contribution in [0, 0.1) is 0 Å². The predicted molar refractivity (Wildman–Crippen MR) is 119 cm³/mol. The molecule has 0 aliphatic carbocycles. The molecule has 0 heterocycles. The van der Waals surface area contributed by atoms with Crippen LogP contribution in [0.5, 0.6) is 0 Å². The summed E-state index contributed by atoms with van der Waals surface area (Å²) in [5.41, 5.74) is 4.58. The number of hydrogen-bond donors (Lipinski definition) is 0. The predicted octanol–water partition coefficient (Wildman–Crippen LogP) is 6.51. The van der Waals surface area contributed by atoms with E-state index in [4.69, 9.17) is 0 Å². The zero-order valence-corrected chi connectivity index (χ0v) is 16.2. The van der Waals surface area contributed by atoms with Crippen molar-refractivity contribution < 1.29 is 0 Å². The van der Waals surface area contributed by atoms with E-state index in [1.54, 1.807) is 0 Å². The van der Waals surface area contributed by atoms with Crippen LogP contribution in [0.25, 0.3) is 0 Å². The maximum absolute atomic E-state index is 2.51. The van der Waals surface area contributed by atoms with Crippen molar-refractivity contribution in [2.45, 2.75) is 12.5 Å². The van der Waals surface area contributed by atoms with Crippen LogP contribution in [0.4, 0.5) is 5.69 Å². The molecule has 0 amide bonds. The van der Waals surface area contributed by atoms with Crippen LogP contribution in [0.1, 0.15) is 23.6 Å². The van der Waals surface area contributed by atoms with Gasteiger partial charge in [-0.15, -0.1) is 0 Å². The Labute approximate surface area is 167 Å². The molecule has 1 heteroatoms. The number of para-hydroxylation sites is 1. The van der Waals surface area contributed by atoms with Gasteiger partial charge in [0, 0.05) is 12.2 Å². The van der Waals surface area contributed by atoms with Gasteiger partial charge >= 0.3 is 0 Å². The van der Waals surface area contributed by atoms with Gasteiger partial charge in [0.1, 0.15) is 5.54 Å². The van der Waals surface area contributed by atoms with E-state index in [0.29, 0.717) is 0 Å². The summed E-state index contributed by atoms with van der Waals surface area (Å²) < 4.78 is 0. The van der Waals surface area contributed by atoms with Gasteiger partial charge in [0.25, 0.3) is 0 Å². The van der Waals surface area contributed by atoms with Gasteiger partial charge in [-0.1, -0.05) is 109 Å². The largest absolute Gasteiger partial charge is 0.354 e. The lowest BCUT2D eigenvalue weighted by Gasteiger charge is -2.46. The number of anilines is 1. The smallest absolute Gasteiger partial charge is 0.116 e. The lowest BCUT2D eigenvalue weighted by molar-refractivity contribution is 0.569. The molecule has 4 aromatic carbocycles. The molecule has 0 spiro atoms. The van der Waals surface area contributed by atoms with Crippen molar-refractivity contribution in [3.05, 3.63) is 138 Å². The molecule has 0 unspecified atom stereocenters. The van der Waals surface area contributed by atoms with E-state index in [0.717, 1.165) is 6.54 Å². The molecular formula is C27H25N. The highest BCUT2D eigenvalue weighted by Crippen LogP contribution is 2.44.